The molecule has 14 heavy (non-hydrogen) atoms. The third kappa shape index (κ3) is 1.44. The first-order chi connectivity index (χ1) is 6.79. The molecule has 0 spiro atoms. The normalized spacial score (nSPS) is 10.1. The summed E-state index contributed by atoms with van der Waals surface area (Å²) in [6.07, 6.45) is 1.45. The zero-order valence-corrected chi connectivity index (χ0v) is 7.73. The van der Waals surface area contributed by atoms with Crippen molar-refractivity contribution < 1.29 is 9.32 Å². The maximum Gasteiger partial charge on any atom is 0.177 e. The van der Waals surface area contributed by atoms with Crippen molar-refractivity contribution in [2.45, 2.75) is 6.92 Å². The fraction of sp³-hybridized carbons (Fsp3) is 0.0909. The van der Waals surface area contributed by atoms with Gasteiger partial charge in [0.2, 0.25) is 0 Å². The second-order valence-electron chi connectivity index (χ2n) is 2.99. The van der Waals surface area contributed by atoms with E-state index in [2.05, 4.69) is 5.16 Å². The number of nitrogens with zero attached hydrogens (tertiary/aromatic N) is 1. The van der Waals surface area contributed by atoms with E-state index in [9.17, 15) is 4.79 Å². The van der Waals surface area contributed by atoms with Crippen molar-refractivity contribution >= 4 is 5.78 Å². The van der Waals surface area contributed by atoms with Crippen molar-refractivity contribution in [2.24, 2.45) is 0 Å². The van der Waals surface area contributed by atoms with Crippen molar-refractivity contribution in [1.82, 2.24) is 5.16 Å². The summed E-state index contributed by atoms with van der Waals surface area (Å²) in [6, 6.07) is 9.46. The maximum atomic E-state index is 11.2. The summed E-state index contributed by atoms with van der Waals surface area (Å²) in [4.78, 5) is 11.2. The fourth-order valence-corrected chi connectivity index (χ4v) is 1.29. The Labute approximate surface area is 81.3 Å². The fourth-order valence-electron chi connectivity index (χ4n) is 1.29. The Balaban J connectivity index is 2.52. The monoisotopic (exact) mass is 187 g/mol. The summed E-state index contributed by atoms with van der Waals surface area (Å²) in [7, 11) is 0. The SMILES string of the molecule is CC(=O)c1cnoc1-c1ccccc1. The molecule has 0 aliphatic rings. The first-order valence-corrected chi connectivity index (χ1v) is 4.30. The lowest BCUT2D eigenvalue weighted by Gasteiger charge is -1.96. The molecule has 2 rings (SSSR count). The summed E-state index contributed by atoms with van der Waals surface area (Å²) in [6.45, 7) is 1.50. The number of benzene rings is 1. The molecule has 0 aliphatic heterocycles. The molecule has 70 valence electrons. The van der Waals surface area contributed by atoms with Crippen molar-refractivity contribution in [2.75, 3.05) is 0 Å². The van der Waals surface area contributed by atoms with Gasteiger partial charge in [-0.05, 0) is 6.92 Å². The van der Waals surface area contributed by atoms with Gasteiger partial charge in [-0.3, -0.25) is 4.79 Å². The highest BCUT2D eigenvalue weighted by Crippen LogP contribution is 2.23. The quantitative estimate of drug-likeness (QED) is 0.678. The van der Waals surface area contributed by atoms with E-state index >= 15 is 0 Å². The molecular formula is C11H9NO2. The predicted octanol–water partition coefficient (Wildman–Crippen LogP) is 2.54. The van der Waals surface area contributed by atoms with E-state index in [0.29, 0.717) is 11.3 Å². The van der Waals surface area contributed by atoms with Crippen LogP contribution in [0.1, 0.15) is 17.3 Å². The van der Waals surface area contributed by atoms with Crippen LogP contribution in [0.5, 0.6) is 0 Å². The van der Waals surface area contributed by atoms with Crippen molar-refractivity contribution in [3.05, 3.63) is 42.1 Å². The van der Waals surface area contributed by atoms with Crippen molar-refractivity contribution in [1.29, 1.82) is 0 Å². The van der Waals surface area contributed by atoms with Gasteiger partial charge < -0.3 is 4.52 Å². The first-order valence-electron chi connectivity index (χ1n) is 4.30. The van der Waals surface area contributed by atoms with Crippen LogP contribution in [0.3, 0.4) is 0 Å². The van der Waals surface area contributed by atoms with Gasteiger partial charge >= 0.3 is 0 Å². The van der Waals surface area contributed by atoms with Crippen LogP contribution in [0.25, 0.3) is 11.3 Å². The van der Waals surface area contributed by atoms with Gasteiger partial charge in [0, 0.05) is 5.56 Å². The molecule has 0 saturated carbocycles. The zero-order chi connectivity index (χ0) is 9.97. The topological polar surface area (TPSA) is 43.1 Å². The molecule has 0 unspecified atom stereocenters. The van der Waals surface area contributed by atoms with Gasteiger partial charge in [-0.15, -0.1) is 0 Å². The van der Waals surface area contributed by atoms with E-state index in [1.807, 2.05) is 30.3 Å². The van der Waals surface area contributed by atoms with Crippen LogP contribution in [-0.2, 0) is 0 Å². The number of hydrogen-bond acceptors (Lipinski definition) is 3. The first kappa shape index (κ1) is 8.69. The minimum Gasteiger partial charge on any atom is -0.356 e. The Morgan fingerprint density at radius 1 is 1.29 bits per heavy atom. The predicted molar refractivity (Wildman–Crippen MR) is 51.9 cm³/mol. The number of aromatic nitrogens is 1. The molecule has 0 radical (unpaired) electrons. The molecular weight excluding hydrogens is 178 g/mol. The molecule has 3 nitrogen and oxygen atoms in total. The van der Waals surface area contributed by atoms with Gasteiger partial charge in [0.15, 0.2) is 11.5 Å². The van der Waals surface area contributed by atoms with Gasteiger partial charge in [-0.25, -0.2) is 0 Å². The highest BCUT2D eigenvalue weighted by molar-refractivity contribution is 5.99. The second kappa shape index (κ2) is 3.46. The number of Topliss-reactive ketones (excluding diaryl/α,β-unsaturated/α-hetero) is 1. The second-order valence-corrected chi connectivity index (χ2v) is 2.99. The maximum absolute atomic E-state index is 11.2. The van der Waals surface area contributed by atoms with Gasteiger partial charge in [-0.1, -0.05) is 35.5 Å². The van der Waals surface area contributed by atoms with Crippen LogP contribution in [0.4, 0.5) is 0 Å². The molecule has 2 aromatic rings. The van der Waals surface area contributed by atoms with E-state index in [0.717, 1.165) is 5.56 Å². The number of hydrogen-bond donors (Lipinski definition) is 0. The molecule has 0 N–H and O–H groups in total. The molecule has 1 heterocycles. The van der Waals surface area contributed by atoms with Gasteiger partial charge in [0.05, 0.1) is 11.8 Å². The third-order valence-corrected chi connectivity index (χ3v) is 1.99. The Kier molecular flexibility index (Phi) is 2.14. The van der Waals surface area contributed by atoms with E-state index in [4.69, 9.17) is 4.52 Å². The van der Waals surface area contributed by atoms with Crippen LogP contribution in [0.15, 0.2) is 41.1 Å². The van der Waals surface area contributed by atoms with Crippen LogP contribution < -0.4 is 0 Å². The Morgan fingerprint density at radius 3 is 2.64 bits per heavy atom. The Hall–Kier alpha value is -1.90. The molecule has 3 heteroatoms. The summed E-state index contributed by atoms with van der Waals surface area (Å²) < 4.78 is 5.04. The molecule has 1 aromatic heterocycles. The van der Waals surface area contributed by atoms with Gasteiger partial charge in [0.1, 0.15) is 0 Å². The molecule has 0 aliphatic carbocycles. The van der Waals surface area contributed by atoms with E-state index < -0.39 is 0 Å². The molecule has 0 atom stereocenters. The van der Waals surface area contributed by atoms with Gasteiger partial charge in [-0.2, -0.15) is 0 Å². The van der Waals surface area contributed by atoms with Crippen molar-refractivity contribution in [3.8, 4) is 11.3 Å². The standard InChI is InChI=1S/C11H9NO2/c1-8(13)10-7-12-14-11(10)9-5-3-2-4-6-9/h2-7H,1H3. The van der Waals surface area contributed by atoms with Crippen LogP contribution in [0.2, 0.25) is 0 Å². The lowest BCUT2D eigenvalue weighted by Crippen LogP contribution is -1.91. The lowest BCUT2D eigenvalue weighted by molar-refractivity contribution is 0.101. The number of carbonyl (C=O) groups excluding carboxylic acids is 1. The zero-order valence-electron chi connectivity index (χ0n) is 7.73. The number of ketones is 1. The molecule has 1 aromatic carbocycles. The number of rotatable bonds is 2. The highest BCUT2D eigenvalue weighted by atomic mass is 16.5. The average Bonchev–Trinajstić information content (AvgIpc) is 2.67. The van der Waals surface area contributed by atoms with Crippen LogP contribution in [-0.4, -0.2) is 10.9 Å². The van der Waals surface area contributed by atoms with Crippen LogP contribution >= 0.6 is 0 Å². The summed E-state index contributed by atoms with van der Waals surface area (Å²) in [5.41, 5.74) is 1.39. The molecule has 0 amide bonds. The minimum absolute atomic E-state index is 0.0369. The van der Waals surface area contributed by atoms with E-state index in [-0.39, 0.29) is 5.78 Å². The summed E-state index contributed by atoms with van der Waals surface area (Å²) >= 11 is 0. The Morgan fingerprint density at radius 2 is 2.00 bits per heavy atom. The molecule has 0 fully saturated rings. The Bertz CT molecular complexity index is 445. The minimum atomic E-state index is -0.0369. The highest BCUT2D eigenvalue weighted by Gasteiger charge is 2.13. The molecule has 0 bridgehead atoms. The summed E-state index contributed by atoms with van der Waals surface area (Å²) in [5, 5.41) is 3.62. The van der Waals surface area contributed by atoms with Crippen molar-refractivity contribution in [3.63, 3.8) is 0 Å². The summed E-state index contributed by atoms with van der Waals surface area (Å²) in [5.74, 6) is 0.503. The number of carbonyl (C=O) groups is 1. The third-order valence-electron chi connectivity index (χ3n) is 1.99. The smallest absolute Gasteiger partial charge is 0.177 e. The van der Waals surface area contributed by atoms with E-state index in [1.165, 1.54) is 13.1 Å². The van der Waals surface area contributed by atoms with Gasteiger partial charge in [0.25, 0.3) is 0 Å². The lowest BCUT2D eigenvalue weighted by atomic mass is 10.1. The molecule has 0 saturated heterocycles. The average molecular weight is 187 g/mol. The largest absolute Gasteiger partial charge is 0.356 e. The van der Waals surface area contributed by atoms with E-state index in [1.54, 1.807) is 0 Å². The van der Waals surface area contributed by atoms with Crippen LogP contribution in [0, 0.1) is 0 Å².